The average molecular weight is 410 g/mol. The number of para-hydroxylation sites is 2. The van der Waals surface area contributed by atoms with Crippen LogP contribution in [0.25, 0.3) is 0 Å². The molecule has 3 rings (SSSR count). The van der Waals surface area contributed by atoms with Gasteiger partial charge in [-0.05, 0) is 45.0 Å². The zero-order chi connectivity index (χ0) is 21.7. The fourth-order valence-electron chi connectivity index (χ4n) is 3.63. The molecule has 0 radical (unpaired) electrons. The first-order chi connectivity index (χ1) is 14.3. The molecule has 6 heteroatoms. The van der Waals surface area contributed by atoms with E-state index < -0.39 is 0 Å². The molecule has 160 valence electrons. The Morgan fingerprint density at radius 2 is 1.73 bits per heavy atom. The molecule has 0 spiro atoms. The Kier molecular flexibility index (Phi) is 6.77. The van der Waals surface area contributed by atoms with Gasteiger partial charge < -0.3 is 10.1 Å². The second kappa shape index (κ2) is 9.30. The van der Waals surface area contributed by atoms with Crippen molar-refractivity contribution in [3.05, 3.63) is 60.2 Å². The second-order valence-corrected chi connectivity index (χ2v) is 8.57. The first kappa shape index (κ1) is 21.8. The molecule has 6 nitrogen and oxygen atoms in total. The van der Waals surface area contributed by atoms with Gasteiger partial charge in [-0.25, -0.2) is 0 Å². The fraction of sp³-hybridized carbons (Fsp3) is 0.417. The number of nitrogens with zero attached hydrogens (tertiary/aromatic N) is 2. The number of rotatable bonds is 6. The largest absolute Gasteiger partial charge is 0.489 e. The molecule has 1 aliphatic heterocycles. The molecule has 1 aliphatic rings. The molecule has 0 aliphatic carbocycles. The number of carbonyl (C=O) groups is 2. The van der Waals surface area contributed by atoms with E-state index in [9.17, 15) is 9.59 Å². The van der Waals surface area contributed by atoms with Crippen LogP contribution >= 0.6 is 0 Å². The lowest BCUT2D eigenvalue weighted by Crippen LogP contribution is -2.50. The number of carbonyl (C=O) groups excluding carboxylic acids is 2. The van der Waals surface area contributed by atoms with Gasteiger partial charge in [0.05, 0.1) is 24.8 Å². The van der Waals surface area contributed by atoms with E-state index in [2.05, 4.69) is 5.32 Å². The topological polar surface area (TPSA) is 61.9 Å². The molecule has 30 heavy (non-hydrogen) atoms. The SMILES string of the molecule is CCN(CC(=O)NC(C)(C)C)CC(=O)N1c2ccccc2OC[C@H]1c1ccccc1. The third-order valence-corrected chi connectivity index (χ3v) is 4.97. The van der Waals surface area contributed by atoms with Crippen molar-refractivity contribution in [1.29, 1.82) is 0 Å². The monoisotopic (exact) mass is 409 g/mol. The van der Waals surface area contributed by atoms with E-state index >= 15 is 0 Å². The lowest BCUT2D eigenvalue weighted by atomic mass is 10.0. The molecule has 0 fully saturated rings. The summed E-state index contributed by atoms with van der Waals surface area (Å²) >= 11 is 0. The lowest BCUT2D eigenvalue weighted by Gasteiger charge is -2.38. The van der Waals surface area contributed by atoms with Crippen LogP contribution in [0.3, 0.4) is 0 Å². The van der Waals surface area contributed by atoms with E-state index in [0.717, 1.165) is 11.3 Å². The zero-order valence-corrected chi connectivity index (χ0v) is 18.2. The number of ether oxygens (including phenoxy) is 1. The molecule has 0 saturated carbocycles. The summed E-state index contributed by atoms with van der Waals surface area (Å²) in [7, 11) is 0. The lowest BCUT2D eigenvalue weighted by molar-refractivity contribution is -0.125. The van der Waals surface area contributed by atoms with Crippen LogP contribution in [-0.2, 0) is 9.59 Å². The van der Waals surface area contributed by atoms with Crippen LogP contribution in [-0.4, -0.2) is 48.5 Å². The van der Waals surface area contributed by atoms with Gasteiger partial charge in [0.1, 0.15) is 12.4 Å². The molecule has 1 atom stereocenters. The third-order valence-electron chi connectivity index (χ3n) is 4.97. The number of nitrogens with one attached hydrogen (secondary N) is 1. The maximum absolute atomic E-state index is 13.5. The second-order valence-electron chi connectivity index (χ2n) is 8.57. The number of benzene rings is 2. The van der Waals surface area contributed by atoms with Gasteiger partial charge in [-0.1, -0.05) is 49.4 Å². The number of fused-ring (bicyclic) bond motifs is 1. The molecule has 0 aromatic heterocycles. The number of anilines is 1. The van der Waals surface area contributed by atoms with Crippen molar-refractivity contribution < 1.29 is 14.3 Å². The Morgan fingerprint density at radius 1 is 1.07 bits per heavy atom. The molecule has 1 heterocycles. The molecule has 2 aromatic rings. The Labute approximate surface area is 178 Å². The van der Waals surface area contributed by atoms with E-state index in [1.54, 1.807) is 0 Å². The fourth-order valence-corrected chi connectivity index (χ4v) is 3.63. The van der Waals surface area contributed by atoms with Crippen LogP contribution in [0.2, 0.25) is 0 Å². The smallest absolute Gasteiger partial charge is 0.241 e. The van der Waals surface area contributed by atoms with Crippen molar-refractivity contribution in [1.82, 2.24) is 10.2 Å². The summed E-state index contributed by atoms with van der Waals surface area (Å²) in [4.78, 5) is 29.5. The van der Waals surface area contributed by atoms with Crippen molar-refractivity contribution in [3.8, 4) is 5.75 Å². The van der Waals surface area contributed by atoms with Crippen LogP contribution in [0.4, 0.5) is 5.69 Å². The number of likely N-dealkylation sites (N-methyl/N-ethyl adjacent to an activating group) is 1. The first-order valence-electron chi connectivity index (χ1n) is 10.4. The molecule has 0 saturated heterocycles. The summed E-state index contributed by atoms with van der Waals surface area (Å²) in [6, 6.07) is 17.3. The average Bonchev–Trinajstić information content (AvgIpc) is 2.71. The van der Waals surface area contributed by atoms with Gasteiger partial charge >= 0.3 is 0 Å². The van der Waals surface area contributed by atoms with Crippen LogP contribution in [0, 0.1) is 0 Å². The zero-order valence-electron chi connectivity index (χ0n) is 18.2. The molecular weight excluding hydrogens is 378 g/mol. The summed E-state index contributed by atoms with van der Waals surface area (Å²) < 4.78 is 5.95. The molecule has 1 N–H and O–H groups in total. The maximum atomic E-state index is 13.5. The van der Waals surface area contributed by atoms with Gasteiger partial charge in [-0.2, -0.15) is 0 Å². The standard InChI is InChI=1S/C24H31N3O3/c1-5-26(15-22(28)25-24(2,3)4)16-23(29)27-19-13-9-10-14-21(19)30-17-20(27)18-11-7-6-8-12-18/h6-14,20H,5,15-17H2,1-4H3,(H,25,28)/t20-/m0/s1. The highest BCUT2D eigenvalue weighted by Gasteiger charge is 2.34. The van der Waals surface area contributed by atoms with Crippen LogP contribution in [0.15, 0.2) is 54.6 Å². The quantitative estimate of drug-likeness (QED) is 0.794. The predicted octanol–water partition coefficient (Wildman–Crippen LogP) is 3.39. The van der Waals surface area contributed by atoms with E-state index in [1.165, 1.54) is 0 Å². The van der Waals surface area contributed by atoms with Crippen molar-refractivity contribution in [2.45, 2.75) is 39.3 Å². The van der Waals surface area contributed by atoms with E-state index in [-0.39, 0.29) is 36.5 Å². The van der Waals surface area contributed by atoms with Crippen molar-refractivity contribution in [3.63, 3.8) is 0 Å². The van der Waals surface area contributed by atoms with Crippen molar-refractivity contribution in [2.75, 3.05) is 31.1 Å². The highest BCUT2D eigenvalue weighted by molar-refractivity contribution is 5.97. The molecule has 0 bridgehead atoms. The molecule has 2 aromatic carbocycles. The van der Waals surface area contributed by atoms with Gasteiger partial charge in [-0.15, -0.1) is 0 Å². The predicted molar refractivity (Wildman–Crippen MR) is 119 cm³/mol. The van der Waals surface area contributed by atoms with E-state index in [4.69, 9.17) is 4.74 Å². The van der Waals surface area contributed by atoms with E-state index in [1.807, 2.05) is 92.1 Å². The van der Waals surface area contributed by atoms with Crippen LogP contribution in [0.5, 0.6) is 5.75 Å². The first-order valence-corrected chi connectivity index (χ1v) is 10.4. The summed E-state index contributed by atoms with van der Waals surface area (Å²) in [5, 5.41) is 2.96. The Balaban J connectivity index is 1.82. The third kappa shape index (κ3) is 5.39. The number of hydrogen-bond acceptors (Lipinski definition) is 4. The molecule has 2 amide bonds. The number of amides is 2. The van der Waals surface area contributed by atoms with Gasteiger partial charge in [0, 0.05) is 5.54 Å². The summed E-state index contributed by atoms with van der Waals surface area (Å²) in [6.45, 7) is 9.13. The van der Waals surface area contributed by atoms with Crippen LogP contribution < -0.4 is 15.0 Å². The van der Waals surface area contributed by atoms with E-state index in [0.29, 0.717) is 18.9 Å². The van der Waals surface area contributed by atoms with Crippen molar-refractivity contribution in [2.24, 2.45) is 0 Å². The Morgan fingerprint density at radius 3 is 2.40 bits per heavy atom. The highest BCUT2D eigenvalue weighted by atomic mass is 16.5. The van der Waals surface area contributed by atoms with Crippen LogP contribution in [0.1, 0.15) is 39.3 Å². The maximum Gasteiger partial charge on any atom is 0.241 e. The molecule has 0 unspecified atom stereocenters. The summed E-state index contributed by atoms with van der Waals surface area (Å²) in [6.07, 6.45) is 0. The molecular formula is C24H31N3O3. The Hall–Kier alpha value is -2.86. The van der Waals surface area contributed by atoms with Crippen molar-refractivity contribution >= 4 is 17.5 Å². The highest BCUT2D eigenvalue weighted by Crippen LogP contribution is 2.39. The minimum absolute atomic E-state index is 0.0509. The summed E-state index contributed by atoms with van der Waals surface area (Å²) in [5.41, 5.74) is 1.48. The number of hydrogen-bond donors (Lipinski definition) is 1. The normalized spacial score (nSPS) is 16.0. The van der Waals surface area contributed by atoms with Gasteiger partial charge in [-0.3, -0.25) is 19.4 Å². The minimum Gasteiger partial charge on any atom is -0.489 e. The summed E-state index contributed by atoms with van der Waals surface area (Å²) in [5.74, 6) is 0.565. The van der Waals surface area contributed by atoms with Gasteiger partial charge in [0.25, 0.3) is 0 Å². The van der Waals surface area contributed by atoms with Gasteiger partial charge in [0.15, 0.2) is 0 Å². The van der Waals surface area contributed by atoms with Gasteiger partial charge in [0.2, 0.25) is 11.8 Å². The minimum atomic E-state index is -0.304. The Bertz CT molecular complexity index is 877.